The van der Waals surface area contributed by atoms with Crippen molar-refractivity contribution in [1.29, 1.82) is 0 Å². The number of carbonyl (C=O) groups excluding carboxylic acids is 2. The number of hydrogen-bond donors (Lipinski definition) is 2. The first kappa shape index (κ1) is 20.9. The average Bonchev–Trinajstić information content (AvgIpc) is 2.82. The molecule has 0 spiro atoms. The zero-order valence-electron chi connectivity index (χ0n) is 17.3. The zero-order valence-corrected chi connectivity index (χ0v) is 18.1. The molecule has 31 heavy (non-hydrogen) atoms. The molecule has 0 aliphatic carbocycles. The van der Waals surface area contributed by atoms with Crippen LogP contribution < -0.4 is 15.5 Å². The summed E-state index contributed by atoms with van der Waals surface area (Å²) in [7, 11) is 0. The lowest BCUT2D eigenvalue weighted by atomic mass is 10.1. The number of fused-ring (bicyclic) bond motifs is 1. The van der Waals surface area contributed by atoms with E-state index in [0.717, 1.165) is 28.5 Å². The Kier molecular flexibility index (Phi) is 6.52. The van der Waals surface area contributed by atoms with E-state index in [2.05, 4.69) is 34.7 Å². The normalized spacial score (nSPS) is 12.7. The molecule has 0 atom stereocenters. The number of thioether (sulfide) groups is 1. The monoisotopic (exact) mass is 432 g/mol. The SMILES string of the molecule is CCc1ccc(CNC(=O)c2cccc(NC(=O)N3CCSc4ncccc43)c2)cc1. The summed E-state index contributed by atoms with van der Waals surface area (Å²) in [6.45, 7) is 3.17. The van der Waals surface area contributed by atoms with Crippen molar-refractivity contribution >= 4 is 35.1 Å². The first-order chi connectivity index (χ1) is 15.1. The van der Waals surface area contributed by atoms with Gasteiger partial charge in [-0.05, 0) is 47.9 Å². The summed E-state index contributed by atoms with van der Waals surface area (Å²) >= 11 is 1.64. The van der Waals surface area contributed by atoms with Gasteiger partial charge in [0.25, 0.3) is 5.91 Å². The van der Waals surface area contributed by atoms with Crippen LogP contribution in [0.25, 0.3) is 0 Å². The first-order valence-corrected chi connectivity index (χ1v) is 11.2. The Labute approximate surface area is 186 Å². The molecule has 3 aromatic rings. The predicted molar refractivity (Wildman–Crippen MR) is 125 cm³/mol. The third-order valence-corrected chi connectivity index (χ3v) is 6.08. The smallest absolute Gasteiger partial charge is 0.326 e. The molecule has 0 saturated carbocycles. The largest absolute Gasteiger partial charge is 0.348 e. The van der Waals surface area contributed by atoms with E-state index < -0.39 is 0 Å². The summed E-state index contributed by atoms with van der Waals surface area (Å²) in [6, 6.07) is 18.7. The summed E-state index contributed by atoms with van der Waals surface area (Å²) in [6.07, 6.45) is 2.72. The number of aryl methyl sites for hydroxylation is 1. The number of nitrogens with one attached hydrogen (secondary N) is 2. The lowest BCUT2D eigenvalue weighted by molar-refractivity contribution is 0.0951. The van der Waals surface area contributed by atoms with Crippen LogP contribution in [0.15, 0.2) is 71.9 Å². The van der Waals surface area contributed by atoms with Gasteiger partial charge in [-0.1, -0.05) is 37.3 Å². The quantitative estimate of drug-likeness (QED) is 0.612. The summed E-state index contributed by atoms with van der Waals surface area (Å²) in [5.41, 5.74) is 4.20. The van der Waals surface area contributed by atoms with E-state index >= 15 is 0 Å². The molecule has 0 radical (unpaired) electrons. The van der Waals surface area contributed by atoms with Gasteiger partial charge in [0.2, 0.25) is 0 Å². The number of aromatic nitrogens is 1. The molecule has 7 heteroatoms. The Bertz CT molecular complexity index is 1080. The molecule has 3 amide bonds. The Morgan fingerprint density at radius 2 is 1.87 bits per heavy atom. The fourth-order valence-electron chi connectivity index (χ4n) is 3.37. The molecular formula is C24H24N4O2S. The van der Waals surface area contributed by atoms with Crippen molar-refractivity contribution in [3.63, 3.8) is 0 Å². The first-order valence-electron chi connectivity index (χ1n) is 10.3. The molecule has 0 bridgehead atoms. The van der Waals surface area contributed by atoms with Crippen molar-refractivity contribution in [3.05, 3.63) is 83.6 Å². The van der Waals surface area contributed by atoms with Crippen LogP contribution in [0.2, 0.25) is 0 Å². The standard InChI is InChI=1S/C24H24N4O2S/c1-2-17-8-10-18(11-9-17)16-26-22(29)19-5-3-6-20(15-19)27-24(30)28-13-14-31-23-21(28)7-4-12-25-23/h3-12,15H,2,13-14,16H2,1H3,(H,26,29)(H,27,30). The van der Waals surface area contributed by atoms with E-state index in [1.807, 2.05) is 24.3 Å². The van der Waals surface area contributed by atoms with Gasteiger partial charge < -0.3 is 10.6 Å². The second-order valence-corrected chi connectivity index (χ2v) is 8.28. The maximum Gasteiger partial charge on any atom is 0.326 e. The van der Waals surface area contributed by atoms with Crippen molar-refractivity contribution in [2.75, 3.05) is 22.5 Å². The molecule has 0 unspecified atom stereocenters. The summed E-state index contributed by atoms with van der Waals surface area (Å²) in [5.74, 6) is 0.610. The van der Waals surface area contributed by atoms with Crippen molar-refractivity contribution in [3.8, 4) is 0 Å². The van der Waals surface area contributed by atoms with E-state index in [1.165, 1.54) is 5.56 Å². The third kappa shape index (κ3) is 5.06. The Balaban J connectivity index is 1.40. The molecule has 6 nitrogen and oxygen atoms in total. The number of hydrogen-bond acceptors (Lipinski definition) is 4. The number of rotatable bonds is 5. The molecule has 1 aromatic heterocycles. The number of urea groups is 1. The minimum Gasteiger partial charge on any atom is -0.348 e. The van der Waals surface area contributed by atoms with Gasteiger partial charge in [0, 0.05) is 36.3 Å². The number of pyridine rings is 1. The van der Waals surface area contributed by atoms with Gasteiger partial charge in [-0.3, -0.25) is 9.69 Å². The molecule has 158 valence electrons. The van der Waals surface area contributed by atoms with Crippen molar-refractivity contribution in [2.45, 2.75) is 24.9 Å². The van der Waals surface area contributed by atoms with Gasteiger partial charge >= 0.3 is 6.03 Å². The van der Waals surface area contributed by atoms with Crippen LogP contribution in [0.1, 0.15) is 28.4 Å². The highest BCUT2D eigenvalue weighted by Gasteiger charge is 2.23. The third-order valence-electron chi connectivity index (χ3n) is 5.10. The second kappa shape index (κ2) is 9.66. The lowest BCUT2D eigenvalue weighted by Gasteiger charge is -2.28. The van der Waals surface area contributed by atoms with Gasteiger partial charge in [0.05, 0.1) is 5.69 Å². The van der Waals surface area contributed by atoms with Gasteiger partial charge in [0.15, 0.2) is 0 Å². The minimum absolute atomic E-state index is 0.181. The maximum absolute atomic E-state index is 12.9. The Morgan fingerprint density at radius 3 is 2.68 bits per heavy atom. The molecule has 0 saturated heterocycles. The van der Waals surface area contributed by atoms with E-state index in [4.69, 9.17) is 0 Å². The topological polar surface area (TPSA) is 74.3 Å². The molecule has 1 aliphatic heterocycles. The fourth-order valence-corrected chi connectivity index (χ4v) is 4.30. The highest BCUT2D eigenvalue weighted by molar-refractivity contribution is 7.99. The van der Waals surface area contributed by atoms with Gasteiger partial charge in [-0.25, -0.2) is 9.78 Å². The van der Waals surface area contributed by atoms with Crippen LogP contribution in [0.4, 0.5) is 16.2 Å². The number of benzene rings is 2. The van der Waals surface area contributed by atoms with Crippen LogP contribution >= 0.6 is 11.8 Å². The van der Waals surface area contributed by atoms with Gasteiger partial charge in [0.1, 0.15) is 5.03 Å². The average molecular weight is 433 g/mol. The molecule has 2 aromatic carbocycles. The van der Waals surface area contributed by atoms with Crippen LogP contribution in [0.3, 0.4) is 0 Å². The fraction of sp³-hybridized carbons (Fsp3) is 0.208. The van der Waals surface area contributed by atoms with Crippen molar-refractivity contribution < 1.29 is 9.59 Å². The van der Waals surface area contributed by atoms with E-state index in [9.17, 15) is 9.59 Å². The molecular weight excluding hydrogens is 408 g/mol. The Hall–Kier alpha value is -3.32. The summed E-state index contributed by atoms with van der Waals surface area (Å²) < 4.78 is 0. The second-order valence-electron chi connectivity index (χ2n) is 7.19. The van der Waals surface area contributed by atoms with E-state index in [0.29, 0.717) is 24.3 Å². The number of carbonyl (C=O) groups is 2. The van der Waals surface area contributed by atoms with Gasteiger partial charge in [-0.2, -0.15) is 0 Å². The molecule has 1 aliphatic rings. The number of anilines is 2. The van der Waals surface area contributed by atoms with Crippen LogP contribution in [0, 0.1) is 0 Å². The number of nitrogens with zero attached hydrogens (tertiary/aromatic N) is 2. The van der Waals surface area contributed by atoms with Crippen molar-refractivity contribution in [1.82, 2.24) is 10.3 Å². The maximum atomic E-state index is 12.9. The minimum atomic E-state index is -0.233. The lowest BCUT2D eigenvalue weighted by Crippen LogP contribution is -2.38. The van der Waals surface area contributed by atoms with Crippen molar-refractivity contribution in [2.24, 2.45) is 0 Å². The number of amides is 3. The highest BCUT2D eigenvalue weighted by Crippen LogP contribution is 2.32. The molecule has 2 N–H and O–H groups in total. The Morgan fingerprint density at radius 1 is 1.06 bits per heavy atom. The van der Waals surface area contributed by atoms with E-state index in [1.54, 1.807) is 47.1 Å². The molecule has 4 rings (SSSR count). The van der Waals surface area contributed by atoms with Crippen LogP contribution in [-0.4, -0.2) is 29.2 Å². The highest BCUT2D eigenvalue weighted by atomic mass is 32.2. The van der Waals surface area contributed by atoms with Crippen LogP contribution in [-0.2, 0) is 13.0 Å². The van der Waals surface area contributed by atoms with E-state index in [-0.39, 0.29) is 11.9 Å². The molecule has 2 heterocycles. The zero-order chi connectivity index (χ0) is 21.6. The summed E-state index contributed by atoms with van der Waals surface area (Å²) in [5, 5.41) is 6.69. The summed E-state index contributed by atoms with van der Waals surface area (Å²) in [4.78, 5) is 31.5. The predicted octanol–water partition coefficient (Wildman–Crippen LogP) is 4.72. The van der Waals surface area contributed by atoms with Gasteiger partial charge in [-0.15, -0.1) is 11.8 Å². The molecule has 0 fully saturated rings. The van der Waals surface area contributed by atoms with Crippen LogP contribution in [0.5, 0.6) is 0 Å².